The van der Waals surface area contributed by atoms with Gasteiger partial charge < -0.3 is 19.9 Å². The molecule has 1 amide bonds. The smallest absolute Gasteiger partial charge is 0.239 e. The van der Waals surface area contributed by atoms with E-state index in [0.29, 0.717) is 13.1 Å². The largest absolute Gasteiger partial charge is 0.353 e. The minimum atomic E-state index is 0.0544. The van der Waals surface area contributed by atoms with Gasteiger partial charge in [0.25, 0.3) is 0 Å². The lowest BCUT2D eigenvalue weighted by Gasteiger charge is -2.27. The molecule has 3 rings (SSSR count). The quantitative estimate of drug-likeness (QED) is 0.814. The molecule has 3 heterocycles. The van der Waals surface area contributed by atoms with Gasteiger partial charge in [-0.1, -0.05) is 6.07 Å². The lowest BCUT2D eigenvalue weighted by molar-refractivity contribution is -0.120. The van der Waals surface area contributed by atoms with Crippen molar-refractivity contribution in [3.63, 3.8) is 0 Å². The second-order valence-corrected chi connectivity index (χ2v) is 4.61. The van der Waals surface area contributed by atoms with E-state index >= 15 is 0 Å². The molecule has 0 bridgehead atoms. The summed E-state index contributed by atoms with van der Waals surface area (Å²) in [4.78, 5) is 18.2. The molecular weight excluding hydrogens is 242 g/mol. The van der Waals surface area contributed by atoms with Gasteiger partial charge in [-0.15, -0.1) is 0 Å². The normalized spacial score (nSPS) is 15.8. The summed E-state index contributed by atoms with van der Waals surface area (Å²) in [5, 5.41) is 6.00. The molecule has 0 saturated carbocycles. The van der Waals surface area contributed by atoms with Crippen LogP contribution in [0.5, 0.6) is 0 Å². The second kappa shape index (κ2) is 4.89. The molecule has 0 atom stereocenters. The third-order valence-electron chi connectivity index (χ3n) is 3.29. The summed E-state index contributed by atoms with van der Waals surface area (Å²) in [7, 11) is 1.91. The first kappa shape index (κ1) is 12.0. The van der Waals surface area contributed by atoms with Crippen LogP contribution in [0.2, 0.25) is 0 Å². The number of hydrogen-bond donors (Lipinski definition) is 2. The molecule has 1 aliphatic rings. The van der Waals surface area contributed by atoms with Gasteiger partial charge in [0, 0.05) is 25.8 Å². The molecule has 6 nitrogen and oxygen atoms in total. The van der Waals surface area contributed by atoms with E-state index in [4.69, 9.17) is 0 Å². The first-order valence-corrected chi connectivity index (χ1v) is 6.42. The van der Waals surface area contributed by atoms with Gasteiger partial charge in [0.05, 0.1) is 12.2 Å². The number of amides is 1. The lowest BCUT2D eigenvalue weighted by atomic mass is 10.3. The standard InChI is InChI=1S/C13H17N5O/c1-14-8-10-13(17-7-5-15-12(19)9-17)16-11-4-2-3-6-18(10)11/h2-4,6,14H,5,7-9H2,1H3,(H,15,19). The van der Waals surface area contributed by atoms with Crippen molar-refractivity contribution in [3.05, 3.63) is 30.1 Å². The summed E-state index contributed by atoms with van der Waals surface area (Å²) in [6.45, 7) is 2.57. The maximum absolute atomic E-state index is 11.5. The Labute approximate surface area is 111 Å². The number of hydrogen-bond acceptors (Lipinski definition) is 4. The van der Waals surface area contributed by atoms with E-state index in [2.05, 4.69) is 20.0 Å². The number of carbonyl (C=O) groups is 1. The molecule has 0 unspecified atom stereocenters. The summed E-state index contributed by atoms with van der Waals surface area (Å²) >= 11 is 0. The van der Waals surface area contributed by atoms with Crippen LogP contribution < -0.4 is 15.5 Å². The van der Waals surface area contributed by atoms with E-state index in [1.807, 2.05) is 36.3 Å². The Morgan fingerprint density at radius 3 is 3.16 bits per heavy atom. The first-order chi connectivity index (χ1) is 9.29. The number of rotatable bonds is 3. The highest BCUT2D eigenvalue weighted by Crippen LogP contribution is 2.22. The molecule has 1 aliphatic heterocycles. The molecule has 2 aromatic heterocycles. The summed E-state index contributed by atoms with van der Waals surface area (Å²) in [6.07, 6.45) is 2.00. The minimum Gasteiger partial charge on any atom is -0.353 e. The van der Waals surface area contributed by atoms with Crippen molar-refractivity contribution in [1.82, 2.24) is 20.0 Å². The van der Waals surface area contributed by atoms with Crippen LogP contribution in [-0.2, 0) is 11.3 Å². The molecular formula is C13H17N5O. The number of carbonyl (C=O) groups excluding carboxylic acids is 1. The van der Waals surface area contributed by atoms with E-state index in [1.54, 1.807) is 0 Å². The highest BCUT2D eigenvalue weighted by molar-refractivity contribution is 5.82. The van der Waals surface area contributed by atoms with Gasteiger partial charge in [0.1, 0.15) is 5.65 Å². The summed E-state index contributed by atoms with van der Waals surface area (Å²) in [5.41, 5.74) is 2.00. The van der Waals surface area contributed by atoms with Crippen molar-refractivity contribution in [2.75, 3.05) is 31.6 Å². The van der Waals surface area contributed by atoms with E-state index in [-0.39, 0.29) is 5.91 Å². The molecule has 100 valence electrons. The van der Waals surface area contributed by atoms with Crippen molar-refractivity contribution in [2.45, 2.75) is 6.54 Å². The zero-order valence-corrected chi connectivity index (χ0v) is 10.9. The van der Waals surface area contributed by atoms with Gasteiger partial charge in [0.15, 0.2) is 5.82 Å². The van der Waals surface area contributed by atoms with Gasteiger partial charge in [0.2, 0.25) is 5.91 Å². The fourth-order valence-electron chi connectivity index (χ4n) is 2.44. The van der Waals surface area contributed by atoms with Crippen molar-refractivity contribution in [3.8, 4) is 0 Å². The van der Waals surface area contributed by atoms with Crippen LogP contribution in [0.15, 0.2) is 24.4 Å². The maximum atomic E-state index is 11.5. The number of imidazole rings is 1. The zero-order valence-electron chi connectivity index (χ0n) is 10.9. The molecule has 2 N–H and O–H groups in total. The SMILES string of the molecule is CNCc1c(N2CCNC(=O)C2)nc2ccccn12. The molecule has 6 heteroatoms. The van der Waals surface area contributed by atoms with Crippen LogP contribution in [0, 0.1) is 0 Å². The minimum absolute atomic E-state index is 0.0544. The Bertz CT molecular complexity index is 606. The highest BCUT2D eigenvalue weighted by atomic mass is 16.2. The fraction of sp³-hybridized carbons (Fsp3) is 0.385. The van der Waals surface area contributed by atoms with E-state index in [1.165, 1.54) is 0 Å². The molecule has 2 aromatic rings. The van der Waals surface area contributed by atoms with Crippen LogP contribution >= 0.6 is 0 Å². The monoisotopic (exact) mass is 259 g/mol. The molecule has 1 saturated heterocycles. The van der Waals surface area contributed by atoms with Gasteiger partial charge in [-0.3, -0.25) is 4.79 Å². The first-order valence-electron chi connectivity index (χ1n) is 6.42. The predicted molar refractivity (Wildman–Crippen MR) is 73.2 cm³/mol. The number of nitrogens with one attached hydrogen (secondary N) is 2. The Morgan fingerprint density at radius 1 is 1.47 bits per heavy atom. The molecule has 0 aliphatic carbocycles. The van der Waals surface area contributed by atoms with Crippen molar-refractivity contribution >= 4 is 17.4 Å². The average molecular weight is 259 g/mol. The summed E-state index contributed by atoms with van der Waals surface area (Å²) in [5.74, 6) is 0.953. The number of piperazine rings is 1. The third-order valence-corrected chi connectivity index (χ3v) is 3.29. The van der Waals surface area contributed by atoms with Crippen LogP contribution in [-0.4, -0.2) is 42.0 Å². The number of aromatic nitrogens is 2. The average Bonchev–Trinajstić information content (AvgIpc) is 2.79. The fourth-order valence-corrected chi connectivity index (χ4v) is 2.44. The Hall–Kier alpha value is -2.08. The van der Waals surface area contributed by atoms with E-state index < -0.39 is 0 Å². The van der Waals surface area contributed by atoms with Crippen LogP contribution in [0.25, 0.3) is 5.65 Å². The topological polar surface area (TPSA) is 61.7 Å². The molecule has 19 heavy (non-hydrogen) atoms. The van der Waals surface area contributed by atoms with Gasteiger partial charge in [-0.25, -0.2) is 4.98 Å². The third kappa shape index (κ3) is 2.15. The van der Waals surface area contributed by atoms with Crippen LogP contribution in [0.3, 0.4) is 0 Å². The molecule has 0 aromatic carbocycles. The second-order valence-electron chi connectivity index (χ2n) is 4.61. The Kier molecular flexibility index (Phi) is 3.08. The highest BCUT2D eigenvalue weighted by Gasteiger charge is 2.22. The van der Waals surface area contributed by atoms with Crippen molar-refractivity contribution < 1.29 is 4.79 Å². The predicted octanol–water partition coefficient (Wildman–Crippen LogP) is -0.0101. The van der Waals surface area contributed by atoms with E-state index in [0.717, 1.165) is 30.2 Å². The Morgan fingerprint density at radius 2 is 2.37 bits per heavy atom. The zero-order chi connectivity index (χ0) is 13.2. The lowest BCUT2D eigenvalue weighted by Crippen LogP contribution is -2.48. The summed E-state index contributed by atoms with van der Waals surface area (Å²) in [6, 6.07) is 5.94. The van der Waals surface area contributed by atoms with Crippen molar-refractivity contribution in [2.24, 2.45) is 0 Å². The molecule has 1 fully saturated rings. The van der Waals surface area contributed by atoms with Crippen molar-refractivity contribution in [1.29, 1.82) is 0 Å². The van der Waals surface area contributed by atoms with Gasteiger partial charge in [-0.2, -0.15) is 0 Å². The number of nitrogens with zero attached hydrogens (tertiary/aromatic N) is 3. The number of anilines is 1. The summed E-state index contributed by atoms with van der Waals surface area (Å²) < 4.78 is 2.07. The van der Waals surface area contributed by atoms with Gasteiger partial charge in [-0.05, 0) is 19.2 Å². The van der Waals surface area contributed by atoms with Crippen LogP contribution in [0.4, 0.5) is 5.82 Å². The van der Waals surface area contributed by atoms with E-state index in [9.17, 15) is 4.79 Å². The molecule has 0 spiro atoms. The number of fused-ring (bicyclic) bond motifs is 1. The van der Waals surface area contributed by atoms with Gasteiger partial charge >= 0.3 is 0 Å². The number of pyridine rings is 1. The van der Waals surface area contributed by atoms with Crippen LogP contribution in [0.1, 0.15) is 5.69 Å². The maximum Gasteiger partial charge on any atom is 0.239 e. The molecule has 0 radical (unpaired) electrons. The Balaban J connectivity index is 2.06.